The summed E-state index contributed by atoms with van der Waals surface area (Å²) in [7, 11) is -3.89. The molecule has 0 unspecified atom stereocenters. The lowest BCUT2D eigenvalue weighted by molar-refractivity contribution is -0.117. The summed E-state index contributed by atoms with van der Waals surface area (Å²) in [6.45, 7) is 1.14. The zero-order valence-corrected chi connectivity index (χ0v) is 10.5. The van der Waals surface area contributed by atoms with Crippen molar-refractivity contribution in [1.82, 2.24) is 4.72 Å². The second kappa shape index (κ2) is 4.30. The summed E-state index contributed by atoms with van der Waals surface area (Å²) < 4.78 is 26.0. The Morgan fingerprint density at radius 3 is 2.39 bits per heavy atom. The fourth-order valence-electron chi connectivity index (χ4n) is 1.80. The Hall–Kier alpha value is -2.08. The molecule has 0 aromatic heterocycles. The SMILES string of the molecule is CC(=O)NS(=O)(=O)c1cccc2cccc(N)c12. The third-order valence-electron chi connectivity index (χ3n) is 2.47. The lowest BCUT2D eigenvalue weighted by Crippen LogP contribution is -2.28. The van der Waals surface area contributed by atoms with Gasteiger partial charge in [-0.15, -0.1) is 0 Å². The predicted octanol–water partition coefficient (Wildman–Crippen LogP) is 1.25. The van der Waals surface area contributed by atoms with E-state index in [-0.39, 0.29) is 4.90 Å². The summed E-state index contributed by atoms with van der Waals surface area (Å²) in [6.07, 6.45) is 0. The van der Waals surface area contributed by atoms with Crippen molar-refractivity contribution in [2.75, 3.05) is 5.73 Å². The summed E-state index contributed by atoms with van der Waals surface area (Å²) in [5.41, 5.74) is 6.17. The number of benzene rings is 2. The summed E-state index contributed by atoms with van der Waals surface area (Å²) in [5.74, 6) is -0.637. The standard InChI is InChI=1S/C12H12N2O3S/c1-8(15)14-18(16,17)11-7-3-5-9-4-2-6-10(13)12(9)11/h2-7H,13H2,1H3,(H,14,15). The molecule has 0 heterocycles. The maximum Gasteiger partial charge on any atom is 0.264 e. The van der Waals surface area contributed by atoms with Crippen LogP contribution in [0.25, 0.3) is 10.8 Å². The van der Waals surface area contributed by atoms with Crippen molar-refractivity contribution in [2.24, 2.45) is 0 Å². The van der Waals surface area contributed by atoms with E-state index in [4.69, 9.17) is 5.73 Å². The van der Waals surface area contributed by atoms with Crippen LogP contribution < -0.4 is 10.5 Å². The molecule has 0 saturated heterocycles. The molecule has 0 aliphatic carbocycles. The van der Waals surface area contributed by atoms with Gasteiger partial charge in [-0.1, -0.05) is 24.3 Å². The van der Waals surface area contributed by atoms with E-state index in [1.165, 1.54) is 6.07 Å². The Labute approximate surface area is 105 Å². The molecule has 0 atom stereocenters. The maximum absolute atomic E-state index is 12.0. The van der Waals surface area contributed by atoms with Crippen LogP contribution >= 0.6 is 0 Å². The molecule has 2 aromatic rings. The molecule has 0 bridgehead atoms. The molecule has 18 heavy (non-hydrogen) atoms. The molecule has 0 fully saturated rings. The van der Waals surface area contributed by atoms with Gasteiger partial charge in [0, 0.05) is 18.0 Å². The van der Waals surface area contributed by atoms with Gasteiger partial charge < -0.3 is 5.73 Å². The molecule has 0 aliphatic heterocycles. The number of carbonyl (C=O) groups is 1. The number of rotatable bonds is 2. The molecule has 0 saturated carbocycles. The topological polar surface area (TPSA) is 89.3 Å². The third kappa shape index (κ3) is 2.14. The molecule has 2 rings (SSSR count). The minimum atomic E-state index is -3.89. The largest absolute Gasteiger partial charge is 0.398 e. The smallest absolute Gasteiger partial charge is 0.264 e. The number of sulfonamides is 1. The number of nitrogens with one attached hydrogen (secondary N) is 1. The van der Waals surface area contributed by atoms with E-state index in [1.807, 2.05) is 4.72 Å². The van der Waals surface area contributed by atoms with Crippen LogP contribution in [0.5, 0.6) is 0 Å². The van der Waals surface area contributed by atoms with E-state index < -0.39 is 15.9 Å². The van der Waals surface area contributed by atoms with E-state index >= 15 is 0 Å². The Balaban J connectivity index is 2.76. The number of carbonyl (C=O) groups excluding carboxylic acids is 1. The zero-order valence-electron chi connectivity index (χ0n) is 9.67. The minimum absolute atomic E-state index is 0.00769. The Bertz CT molecular complexity index is 718. The van der Waals surface area contributed by atoms with E-state index in [0.29, 0.717) is 16.5 Å². The number of anilines is 1. The normalized spacial score (nSPS) is 11.4. The second-order valence-corrected chi connectivity index (χ2v) is 5.51. The van der Waals surface area contributed by atoms with Crippen LogP contribution in [0.4, 0.5) is 5.69 Å². The van der Waals surface area contributed by atoms with Crippen LogP contribution in [0.15, 0.2) is 41.3 Å². The first-order valence-corrected chi connectivity index (χ1v) is 6.71. The number of fused-ring (bicyclic) bond motifs is 1. The Morgan fingerprint density at radius 2 is 1.78 bits per heavy atom. The molecule has 6 heteroatoms. The van der Waals surface area contributed by atoms with Crippen molar-refractivity contribution < 1.29 is 13.2 Å². The van der Waals surface area contributed by atoms with Crippen LogP contribution in [-0.4, -0.2) is 14.3 Å². The van der Waals surface area contributed by atoms with Crippen LogP contribution in [0.3, 0.4) is 0 Å². The van der Waals surface area contributed by atoms with Gasteiger partial charge in [-0.2, -0.15) is 0 Å². The van der Waals surface area contributed by atoms with Crippen molar-refractivity contribution in [3.63, 3.8) is 0 Å². The van der Waals surface area contributed by atoms with Crippen LogP contribution in [-0.2, 0) is 14.8 Å². The van der Waals surface area contributed by atoms with E-state index in [9.17, 15) is 13.2 Å². The van der Waals surface area contributed by atoms with Crippen molar-refractivity contribution >= 4 is 32.4 Å². The van der Waals surface area contributed by atoms with Crippen LogP contribution in [0.2, 0.25) is 0 Å². The quantitative estimate of drug-likeness (QED) is 0.799. The molecule has 3 N–H and O–H groups in total. The molecule has 1 amide bonds. The Kier molecular flexibility index (Phi) is 2.96. The number of nitrogen functional groups attached to an aromatic ring is 1. The highest BCUT2D eigenvalue weighted by molar-refractivity contribution is 7.90. The molecule has 2 aromatic carbocycles. The molecular formula is C12H12N2O3S. The maximum atomic E-state index is 12.0. The van der Waals surface area contributed by atoms with Gasteiger partial charge in [-0.05, 0) is 17.5 Å². The van der Waals surface area contributed by atoms with Crippen molar-refractivity contribution in [3.05, 3.63) is 36.4 Å². The lowest BCUT2D eigenvalue weighted by atomic mass is 10.1. The molecule has 94 valence electrons. The first-order valence-electron chi connectivity index (χ1n) is 5.22. The lowest BCUT2D eigenvalue weighted by Gasteiger charge is -2.10. The molecular weight excluding hydrogens is 252 g/mol. The van der Waals surface area contributed by atoms with Gasteiger partial charge in [-0.25, -0.2) is 13.1 Å². The van der Waals surface area contributed by atoms with Gasteiger partial charge in [0.25, 0.3) is 10.0 Å². The molecule has 0 radical (unpaired) electrons. The van der Waals surface area contributed by atoms with Gasteiger partial charge in [0.2, 0.25) is 5.91 Å². The van der Waals surface area contributed by atoms with Gasteiger partial charge in [0.1, 0.15) is 0 Å². The average Bonchev–Trinajstić information content (AvgIpc) is 2.27. The second-order valence-electron chi connectivity index (χ2n) is 3.86. The number of hydrogen-bond donors (Lipinski definition) is 2. The summed E-state index contributed by atoms with van der Waals surface area (Å²) in [6, 6.07) is 9.92. The Morgan fingerprint density at radius 1 is 1.17 bits per heavy atom. The first kappa shape index (κ1) is 12.4. The summed E-state index contributed by atoms with van der Waals surface area (Å²) in [5, 5.41) is 1.13. The highest BCUT2D eigenvalue weighted by atomic mass is 32.2. The number of amides is 1. The number of hydrogen-bond acceptors (Lipinski definition) is 4. The monoisotopic (exact) mass is 264 g/mol. The predicted molar refractivity (Wildman–Crippen MR) is 69.4 cm³/mol. The molecule has 5 nitrogen and oxygen atoms in total. The van der Waals surface area contributed by atoms with Gasteiger partial charge in [-0.3, -0.25) is 4.79 Å². The third-order valence-corrected chi connectivity index (χ3v) is 3.94. The zero-order chi connectivity index (χ0) is 13.3. The van der Waals surface area contributed by atoms with E-state index in [2.05, 4.69) is 0 Å². The first-order chi connectivity index (χ1) is 8.42. The fraction of sp³-hybridized carbons (Fsp3) is 0.0833. The van der Waals surface area contributed by atoms with Gasteiger partial charge in [0.15, 0.2) is 0 Å². The highest BCUT2D eigenvalue weighted by Gasteiger charge is 2.19. The van der Waals surface area contributed by atoms with E-state index in [1.54, 1.807) is 30.3 Å². The molecule has 0 aliphatic rings. The number of nitrogens with two attached hydrogens (primary N) is 1. The van der Waals surface area contributed by atoms with Crippen LogP contribution in [0.1, 0.15) is 6.92 Å². The average molecular weight is 264 g/mol. The van der Waals surface area contributed by atoms with Gasteiger partial charge in [0.05, 0.1) is 4.90 Å². The fourth-order valence-corrected chi connectivity index (χ4v) is 3.05. The van der Waals surface area contributed by atoms with Crippen molar-refractivity contribution in [2.45, 2.75) is 11.8 Å². The van der Waals surface area contributed by atoms with Crippen molar-refractivity contribution in [1.29, 1.82) is 0 Å². The minimum Gasteiger partial charge on any atom is -0.398 e. The highest BCUT2D eigenvalue weighted by Crippen LogP contribution is 2.27. The van der Waals surface area contributed by atoms with Gasteiger partial charge >= 0.3 is 0 Å². The van der Waals surface area contributed by atoms with Crippen LogP contribution in [0, 0.1) is 0 Å². The van der Waals surface area contributed by atoms with E-state index in [0.717, 1.165) is 6.92 Å². The van der Waals surface area contributed by atoms with Crippen molar-refractivity contribution in [3.8, 4) is 0 Å². The summed E-state index contributed by atoms with van der Waals surface area (Å²) >= 11 is 0. The molecule has 0 spiro atoms. The summed E-state index contributed by atoms with van der Waals surface area (Å²) in [4.78, 5) is 10.9.